The number of methoxy groups -OCH3 is 1. The SMILES string of the molecule is COCCOc1ccc(F)cc1S(=O)(=O)N1CCC[C@H](C(=O)O)[C@@H]1C. The average molecular weight is 375 g/mol. The fourth-order valence-electron chi connectivity index (χ4n) is 2.95. The Hall–Kier alpha value is -1.71. The number of halogens is 1. The van der Waals surface area contributed by atoms with Crippen molar-refractivity contribution in [3.63, 3.8) is 0 Å². The van der Waals surface area contributed by atoms with E-state index in [9.17, 15) is 22.7 Å². The molecule has 2 rings (SSSR count). The fraction of sp³-hybridized carbons (Fsp3) is 0.562. The highest BCUT2D eigenvalue weighted by atomic mass is 32.2. The average Bonchev–Trinajstić information content (AvgIpc) is 2.56. The Morgan fingerprint density at radius 1 is 1.40 bits per heavy atom. The van der Waals surface area contributed by atoms with E-state index < -0.39 is 33.8 Å². The smallest absolute Gasteiger partial charge is 0.308 e. The predicted octanol–water partition coefficient (Wildman–Crippen LogP) is 1.72. The lowest BCUT2D eigenvalue weighted by atomic mass is 9.92. The van der Waals surface area contributed by atoms with E-state index in [1.165, 1.54) is 13.2 Å². The largest absolute Gasteiger partial charge is 0.490 e. The van der Waals surface area contributed by atoms with Gasteiger partial charge in [-0.15, -0.1) is 0 Å². The molecule has 0 unspecified atom stereocenters. The molecule has 1 N–H and O–H groups in total. The van der Waals surface area contributed by atoms with Crippen molar-refractivity contribution in [1.29, 1.82) is 0 Å². The van der Waals surface area contributed by atoms with Crippen LogP contribution in [0.2, 0.25) is 0 Å². The molecule has 1 aromatic rings. The number of hydrogen-bond donors (Lipinski definition) is 1. The molecule has 7 nitrogen and oxygen atoms in total. The number of carboxylic acids is 1. The molecule has 0 amide bonds. The van der Waals surface area contributed by atoms with Crippen LogP contribution in [0.4, 0.5) is 4.39 Å². The Labute approximate surface area is 146 Å². The van der Waals surface area contributed by atoms with Crippen LogP contribution in [0, 0.1) is 11.7 Å². The van der Waals surface area contributed by atoms with E-state index in [1.54, 1.807) is 6.92 Å². The molecule has 0 aromatic heterocycles. The van der Waals surface area contributed by atoms with Gasteiger partial charge in [-0.1, -0.05) is 0 Å². The van der Waals surface area contributed by atoms with Gasteiger partial charge < -0.3 is 14.6 Å². The van der Waals surface area contributed by atoms with Crippen molar-refractivity contribution >= 4 is 16.0 Å². The zero-order chi connectivity index (χ0) is 18.6. The van der Waals surface area contributed by atoms with Crippen LogP contribution in [0.3, 0.4) is 0 Å². The molecule has 9 heteroatoms. The van der Waals surface area contributed by atoms with Crippen LogP contribution in [-0.2, 0) is 19.6 Å². The van der Waals surface area contributed by atoms with Crippen molar-refractivity contribution in [3.05, 3.63) is 24.0 Å². The molecule has 1 heterocycles. The van der Waals surface area contributed by atoms with E-state index in [4.69, 9.17) is 9.47 Å². The Kier molecular flexibility index (Phi) is 6.36. The summed E-state index contributed by atoms with van der Waals surface area (Å²) in [7, 11) is -2.62. The van der Waals surface area contributed by atoms with Crippen molar-refractivity contribution in [3.8, 4) is 5.75 Å². The van der Waals surface area contributed by atoms with Crippen molar-refractivity contribution in [2.45, 2.75) is 30.7 Å². The molecule has 25 heavy (non-hydrogen) atoms. The number of aliphatic carboxylic acids is 1. The quantitative estimate of drug-likeness (QED) is 0.730. The first-order valence-corrected chi connectivity index (χ1v) is 9.39. The third-order valence-corrected chi connectivity index (χ3v) is 6.29. The molecule has 0 aliphatic carbocycles. The third-order valence-electron chi connectivity index (χ3n) is 4.28. The molecular formula is C16H22FNO6S. The minimum Gasteiger partial charge on any atom is -0.490 e. The molecule has 1 aliphatic heterocycles. The summed E-state index contributed by atoms with van der Waals surface area (Å²) in [5.74, 6) is -2.53. The Morgan fingerprint density at radius 3 is 2.76 bits per heavy atom. The second kappa shape index (κ2) is 8.11. The number of nitrogens with zero attached hydrogens (tertiary/aromatic N) is 1. The molecule has 0 bridgehead atoms. The topological polar surface area (TPSA) is 93.1 Å². The molecule has 0 spiro atoms. The molecular weight excluding hydrogens is 353 g/mol. The Morgan fingerprint density at radius 2 is 2.12 bits per heavy atom. The summed E-state index contributed by atoms with van der Waals surface area (Å²) >= 11 is 0. The van der Waals surface area contributed by atoms with E-state index in [0.29, 0.717) is 12.8 Å². The minimum absolute atomic E-state index is 0.0168. The summed E-state index contributed by atoms with van der Waals surface area (Å²) in [6.45, 7) is 2.09. The number of benzene rings is 1. The highest BCUT2D eigenvalue weighted by molar-refractivity contribution is 7.89. The van der Waals surface area contributed by atoms with Crippen molar-refractivity contribution in [2.75, 3.05) is 26.9 Å². The standard InChI is InChI=1S/C16H22FNO6S/c1-11-13(16(19)20)4-3-7-18(11)25(21,22)15-10-12(17)5-6-14(15)24-9-8-23-2/h5-6,10-11,13H,3-4,7-9H2,1-2H3,(H,19,20)/t11-,13-/m0/s1. The minimum atomic E-state index is -4.10. The number of ether oxygens (including phenoxy) is 2. The Bertz CT molecular complexity index is 723. The van der Waals surface area contributed by atoms with Crippen molar-refractivity contribution in [2.24, 2.45) is 5.92 Å². The lowest BCUT2D eigenvalue weighted by Crippen LogP contribution is -2.49. The van der Waals surface area contributed by atoms with E-state index in [1.807, 2.05) is 0 Å². The maximum Gasteiger partial charge on any atom is 0.308 e. The monoisotopic (exact) mass is 375 g/mol. The van der Waals surface area contributed by atoms with Crippen molar-refractivity contribution < 1.29 is 32.2 Å². The summed E-state index contributed by atoms with van der Waals surface area (Å²) in [4.78, 5) is 11.0. The van der Waals surface area contributed by atoms with Gasteiger partial charge in [0.2, 0.25) is 10.0 Å². The van der Waals surface area contributed by atoms with Gasteiger partial charge in [0.15, 0.2) is 0 Å². The molecule has 140 valence electrons. The van der Waals surface area contributed by atoms with Gasteiger partial charge in [-0.3, -0.25) is 4.79 Å². The first-order chi connectivity index (χ1) is 11.8. The molecule has 1 aliphatic rings. The van der Waals surface area contributed by atoms with Gasteiger partial charge in [0.1, 0.15) is 23.1 Å². The van der Waals surface area contributed by atoms with Crippen LogP contribution >= 0.6 is 0 Å². The van der Waals surface area contributed by atoms with E-state index in [0.717, 1.165) is 16.4 Å². The summed E-state index contributed by atoms with van der Waals surface area (Å²) < 4.78 is 51.1. The van der Waals surface area contributed by atoms with Crippen LogP contribution in [0.15, 0.2) is 23.1 Å². The number of piperidine rings is 1. The van der Waals surface area contributed by atoms with E-state index in [-0.39, 0.29) is 30.4 Å². The molecule has 2 atom stereocenters. The molecule has 1 aromatic carbocycles. The number of rotatable bonds is 7. The van der Waals surface area contributed by atoms with Gasteiger partial charge in [0.05, 0.1) is 12.5 Å². The number of carbonyl (C=O) groups is 1. The molecule has 0 saturated carbocycles. The number of carboxylic acid groups (broad SMARTS) is 1. The van der Waals surface area contributed by atoms with Crippen LogP contribution in [0.5, 0.6) is 5.75 Å². The maximum atomic E-state index is 13.7. The van der Waals surface area contributed by atoms with Crippen LogP contribution in [0.1, 0.15) is 19.8 Å². The van der Waals surface area contributed by atoms with Gasteiger partial charge in [-0.25, -0.2) is 12.8 Å². The highest BCUT2D eigenvalue weighted by Crippen LogP contribution is 2.33. The first kappa shape index (κ1) is 19.6. The van der Waals surface area contributed by atoms with Gasteiger partial charge in [0.25, 0.3) is 0 Å². The zero-order valence-electron chi connectivity index (χ0n) is 14.1. The highest BCUT2D eigenvalue weighted by Gasteiger charge is 2.40. The van der Waals surface area contributed by atoms with Gasteiger partial charge in [-0.2, -0.15) is 4.31 Å². The van der Waals surface area contributed by atoms with Gasteiger partial charge >= 0.3 is 5.97 Å². The summed E-state index contributed by atoms with van der Waals surface area (Å²) in [6, 6.07) is 2.53. The lowest BCUT2D eigenvalue weighted by Gasteiger charge is -2.36. The summed E-state index contributed by atoms with van der Waals surface area (Å²) in [5, 5.41) is 9.28. The molecule has 1 fully saturated rings. The molecule has 0 radical (unpaired) electrons. The van der Waals surface area contributed by atoms with Gasteiger partial charge in [-0.05, 0) is 38.0 Å². The van der Waals surface area contributed by atoms with Crippen LogP contribution in [0.25, 0.3) is 0 Å². The predicted molar refractivity (Wildman–Crippen MR) is 87.5 cm³/mol. The van der Waals surface area contributed by atoms with E-state index >= 15 is 0 Å². The number of sulfonamides is 1. The zero-order valence-corrected chi connectivity index (χ0v) is 15.0. The van der Waals surface area contributed by atoms with Crippen LogP contribution < -0.4 is 4.74 Å². The Balaban J connectivity index is 2.38. The number of hydrogen-bond acceptors (Lipinski definition) is 5. The summed E-state index contributed by atoms with van der Waals surface area (Å²) in [6.07, 6.45) is 0.832. The second-order valence-corrected chi connectivity index (χ2v) is 7.73. The van der Waals surface area contributed by atoms with Gasteiger partial charge in [0, 0.05) is 19.7 Å². The molecule has 1 saturated heterocycles. The van der Waals surface area contributed by atoms with Crippen LogP contribution in [-0.4, -0.2) is 56.7 Å². The second-order valence-electron chi connectivity index (χ2n) is 5.88. The van der Waals surface area contributed by atoms with E-state index in [2.05, 4.69) is 0 Å². The normalized spacial score (nSPS) is 21.9. The fourth-order valence-corrected chi connectivity index (χ4v) is 4.80. The lowest BCUT2D eigenvalue weighted by molar-refractivity contribution is -0.144. The van der Waals surface area contributed by atoms with Crippen molar-refractivity contribution in [1.82, 2.24) is 4.31 Å². The summed E-state index contributed by atoms with van der Waals surface area (Å²) in [5.41, 5.74) is 0. The third kappa shape index (κ3) is 4.28. The first-order valence-electron chi connectivity index (χ1n) is 7.95. The maximum absolute atomic E-state index is 13.7.